The average Bonchev–Trinajstić information content (AvgIpc) is 4.02. The van der Waals surface area contributed by atoms with E-state index in [0.717, 1.165) is 56.1 Å². The summed E-state index contributed by atoms with van der Waals surface area (Å²) in [5, 5.41) is 27.3. The van der Waals surface area contributed by atoms with E-state index in [4.69, 9.17) is 9.72 Å². The minimum absolute atomic E-state index is 0.131. The molecule has 0 spiro atoms. The molecular weight excluding hydrogens is 769 g/mol. The number of alkyl carbamates (subject to hydrolysis) is 1. The molecule has 15 nitrogen and oxygen atoms in total. The van der Waals surface area contributed by atoms with Gasteiger partial charge in [0, 0.05) is 24.5 Å². The maximum Gasteiger partial charge on any atom is 0.407 e. The summed E-state index contributed by atoms with van der Waals surface area (Å²) in [5.74, 6) is -0.0988. The van der Waals surface area contributed by atoms with Crippen molar-refractivity contribution in [3.63, 3.8) is 0 Å². The smallest absolute Gasteiger partial charge is 0.407 e. The predicted molar refractivity (Wildman–Crippen MR) is 226 cm³/mol. The van der Waals surface area contributed by atoms with E-state index in [2.05, 4.69) is 62.9 Å². The number of nitrogens with one attached hydrogen (secondary N) is 4. The number of amides is 4. The number of likely N-dealkylation sites (tertiary alicyclic amines) is 1. The number of carbonyl (C=O) groups is 4. The molecule has 2 saturated heterocycles. The van der Waals surface area contributed by atoms with Gasteiger partial charge in [0.05, 0.1) is 56.3 Å². The number of imidazole rings is 2. The summed E-state index contributed by atoms with van der Waals surface area (Å²) in [6, 6.07) is 17.1. The fourth-order valence-electron chi connectivity index (χ4n) is 8.50. The molecule has 2 fully saturated rings. The van der Waals surface area contributed by atoms with Gasteiger partial charge in [0.15, 0.2) is 0 Å². The zero-order chi connectivity index (χ0) is 42.3. The molecule has 2 aromatic heterocycles. The van der Waals surface area contributed by atoms with Gasteiger partial charge in [-0.25, -0.2) is 14.8 Å². The van der Waals surface area contributed by atoms with Gasteiger partial charge in [-0.2, -0.15) is 0 Å². The van der Waals surface area contributed by atoms with E-state index in [0.29, 0.717) is 18.4 Å². The third-order valence-corrected chi connectivity index (χ3v) is 14.3. The van der Waals surface area contributed by atoms with Gasteiger partial charge in [-0.3, -0.25) is 14.4 Å². The van der Waals surface area contributed by atoms with Crippen molar-refractivity contribution in [1.29, 1.82) is 0 Å². The lowest BCUT2D eigenvalue weighted by Crippen LogP contribution is -2.52. The number of fused-ring (bicyclic) bond motifs is 3. The number of benzene rings is 3. The molecule has 2 aliphatic heterocycles. The van der Waals surface area contributed by atoms with Crippen molar-refractivity contribution in [3.05, 3.63) is 72.4 Å². The van der Waals surface area contributed by atoms with Gasteiger partial charge in [0.1, 0.15) is 30.3 Å². The Hall–Kier alpha value is -5.58. The predicted octanol–water partition coefficient (Wildman–Crippen LogP) is 5.05. The van der Waals surface area contributed by atoms with Gasteiger partial charge in [0.2, 0.25) is 17.7 Å². The van der Waals surface area contributed by atoms with Crippen LogP contribution in [0.15, 0.2) is 60.8 Å². The van der Waals surface area contributed by atoms with Crippen LogP contribution in [0.1, 0.15) is 57.8 Å². The molecule has 4 heterocycles. The molecule has 59 heavy (non-hydrogen) atoms. The highest BCUT2D eigenvalue weighted by Crippen LogP contribution is 2.39. The zero-order valence-corrected chi connectivity index (χ0v) is 35.6. The van der Waals surface area contributed by atoms with Crippen LogP contribution in [0.2, 0.25) is 19.1 Å². The van der Waals surface area contributed by atoms with Crippen LogP contribution >= 0.6 is 0 Å². The number of methoxy groups -OCH3 is 1. The van der Waals surface area contributed by atoms with Gasteiger partial charge in [-0.15, -0.1) is 0 Å². The van der Waals surface area contributed by atoms with Crippen LogP contribution in [-0.2, 0) is 19.1 Å². The molecule has 5 aromatic rings. The average molecular weight is 823 g/mol. The third-order valence-electron chi connectivity index (χ3n) is 11.6. The first-order valence-corrected chi connectivity index (χ1v) is 23.6. The van der Waals surface area contributed by atoms with Crippen molar-refractivity contribution in [2.24, 2.45) is 11.8 Å². The Morgan fingerprint density at radius 3 is 2.20 bits per heavy atom. The van der Waals surface area contributed by atoms with Crippen LogP contribution in [0.4, 0.5) is 4.79 Å². The van der Waals surface area contributed by atoms with Crippen LogP contribution in [0.3, 0.4) is 0 Å². The Balaban J connectivity index is 1.10. The molecule has 0 bridgehead atoms. The number of carbonyl (C=O) groups excluding carboxylic acids is 4. The lowest BCUT2D eigenvalue weighted by atomic mass is 9.99. The molecule has 4 amide bonds. The van der Waals surface area contributed by atoms with Crippen molar-refractivity contribution < 1.29 is 34.1 Å². The summed E-state index contributed by atoms with van der Waals surface area (Å²) in [5.41, 5.74) is 5.44. The number of ether oxygens (including phenoxy) is 1. The fourth-order valence-corrected chi connectivity index (χ4v) is 11.4. The van der Waals surface area contributed by atoms with E-state index in [1.165, 1.54) is 7.11 Å². The normalized spacial score (nSPS) is 20.1. The van der Waals surface area contributed by atoms with Crippen molar-refractivity contribution in [3.8, 4) is 22.4 Å². The number of aliphatic hydroxyl groups excluding tert-OH is 2. The minimum atomic E-state index is -1.80. The highest BCUT2D eigenvalue weighted by Gasteiger charge is 2.46. The summed E-state index contributed by atoms with van der Waals surface area (Å²) in [7, 11) is -0.552. The molecule has 2 aliphatic rings. The number of aliphatic hydroxyl groups is 2. The van der Waals surface area contributed by atoms with Gasteiger partial charge in [-0.1, -0.05) is 83.3 Å². The number of rotatable bonds is 11. The second-order valence-electron chi connectivity index (χ2n) is 17.3. The van der Waals surface area contributed by atoms with E-state index in [-0.39, 0.29) is 36.2 Å². The Bertz CT molecular complexity index is 2370. The molecule has 16 heteroatoms. The summed E-state index contributed by atoms with van der Waals surface area (Å²) < 4.78 is 4.74. The number of H-pyrrole nitrogens is 2. The van der Waals surface area contributed by atoms with Crippen LogP contribution in [0.25, 0.3) is 44.2 Å². The number of aromatic amines is 2. The van der Waals surface area contributed by atoms with E-state index < -0.39 is 50.9 Å². The van der Waals surface area contributed by atoms with Crippen LogP contribution in [0, 0.1) is 11.8 Å². The van der Waals surface area contributed by atoms with Crippen molar-refractivity contribution in [2.45, 2.75) is 83.5 Å². The largest absolute Gasteiger partial charge is 0.453 e. The summed E-state index contributed by atoms with van der Waals surface area (Å²) in [4.78, 5) is 71.7. The van der Waals surface area contributed by atoms with Gasteiger partial charge < -0.3 is 45.4 Å². The van der Waals surface area contributed by atoms with Crippen molar-refractivity contribution in [2.75, 3.05) is 26.4 Å². The Morgan fingerprint density at radius 2 is 1.53 bits per heavy atom. The summed E-state index contributed by atoms with van der Waals surface area (Å²) >= 11 is 0. The number of β-amino-alcohol motifs (C(OH)–C–C–N with tert-alkyl or cyclic N) is 1. The number of hydrogen-bond acceptors (Lipinski definition) is 9. The number of aromatic nitrogens is 4. The molecule has 0 aliphatic carbocycles. The van der Waals surface area contributed by atoms with Gasteiger partial charge in [0.25, 0.3) is 0 Å². The number of nitrogens with zero attached hydrogens (tertiary/aromatic N) is 4. The second kappa shape index (κ2) is 16.6. The molecule has 312 valence electrons. The molecule has 3 aromatic carbocycles. The minimum Gasteiger partial charge on any atom is -0.453 e. The first-order valence-electron chi connectivity index (χ1n) is 20.2. The van der Waals surface area contributed by atoms with E-state index in [1.54, 1.807) is 11.1 Å². The highest BCUT2D eigenvalue weighted by atomic mass is 28.3. The molecule has 6 N–H and O–H groups in total. The molecule has 0 radical (unpaired) electrons. The molecule has 1 unspecified atom stereocenters. The van der Waals surface area contributed by atoms with Crippen LogP contribution in [0.5, 0.6) is 0 Å². The quantitative estimate of drug-likeness (QED) is 0.0985. The Kier molecular flexibility index (Phi) is 11.7. The first-order chi connectivity index (χ1) is 28.1. The van der Waals surface area contributed by atoms with E-state index in [1.807, 2.05) is 62.9 Å². The standard InChI is InChI=1S/C43H54N8O7Si/c1-23(2)36(47-35(54)20-52)42(56)51-22-59(6,7)21-34(51)40-45-31-15-13-28-16-27(12-14-30(28)38(31)48-40)25-8-10-26(11-9-25)32-18-44-39(46-32)33-17-29(53)19-50(33)41(55)37(24(3)4)49-43(57)58-5/h8-16,18,23-24,29,33-34,36-37,52-53H,17,19-22H2,1-7H3,(H,44,46)(H,45,48)(H,47,54)(H,49,57)/t29?,33-,34-,36-,37-/m0/s1. The molecule has 7 rings (SSSR count). The Labute approximate surface area is 343 Å². The lowest BCUT2D eigenvalue weighted by Gasteiger charge is -2.30. The highest BCUT2D eigenvalue weighted by molar-refractivity contribution is 6.78. The maximum absolute atomic E-state index is 14.0. The van der Waals surface area contributed by atoms with Crippen LogP contribution in [-0.4, -0.2) is 116 Å². The molecular formula is C43H54N8O7Si. The van der Waals surface area contributed by atoms with Crippen molar-refractivity contribution >= 4 is 53.7 Å². The lowest BCUT2D eigenvalue weighted by molar-refractivity contribution is -0.139. The summed E-state index contributed by atoms with van der Waals surface area (Å²) in [6.07, 6.45) is 1.28. The van der Waals surface area contributed by atoms with E-state index >= 15 is 0 Å². The SMILES string of the molecule is COC(=O)N[C@H](C(=O)N1CC(O)C[C@H]1c1ncc(-c2ccc(-c3ccc4c(ccc5[nH]c([C@@H]6C[Si](C)(C)CN6C(=O)[C@@H](NC(=O)CO)C(C)C)nc54)c3)cc2)[nH]1)C(C)C. The topological polar surface area (TPSA) is 206 Å². The molecule has 5 atom stereocenters. The zero-order valence-electron chi connectivity index (χ0n) is 34.6. The van der Waals surface area contributed by atoms with E-state index in [9.17, 15) is 29.4 Å². The van der Waals surface area contributed by atoms with Crippen LogP contribution < -0.4 is 10.6 Å². The first kappa shape index (κ1) is 41.6. The molecule has 0 saturated carbocycles. The maximum atomic E-state index is 14.0. The van der Waals surface area contributed by atoms with Crippen molar-refractivity contribution in [1.82, 2.24) is 40.4 Å². The summed E-state index contributed by atoms with van der Waals surface area (Å²) in [6.45, 7) is 11.4. The fraction of sp³-hybridized carbons (Fsp3) is 0.442. The number of hydrogen-bond donors (Lipinski definition) is 6. The van der Waals surface area contributed by atoms with Gasteiger partial charge in [-0.05, 0) is 52.1 Å². The second-order valence-corrected chi connectivity index (χ2v) is 22.4. The van der Waals surface area contributed by atoms with Gasteiger partial charge >= 0.3 is 6.09 Å². The monoisotopic (exact) mass is 822 g/mol. The third kappa shape index (κ3) is 8.47. The Morgan fingerprint density at radius 1 is 0.864 bits per heavy atom.